The Balaban J connectivity index is 2.77. The summed E-state index contributed by atoms with van der Waals surface area (Å²) in [4.78, 5) is 22.0. The zero-order chi connectivity index (χ0) is 11.3. The summed E-state index contributed by atoms with van der Waals surface area (Å²) in [5.41, 5.74) is 5.07. The number of aliphatic carboxylic acids is 1. The minimum absolute atomic E-state index is 0.344. The van der Waals surface area contributed by atoms with Crippen molar-refractivity contribution < 1.29 is 14.7 Å². The lowest BCUT2D eigenvalue weighted by atomic mass is 10.2. The first-order valence-corrected chi connectivity index (χ1v) is 4.16. The van der Waals surface area contributed by atoms with E-state index in [0.717, 1.165) is 6.20 Å². The van der Waals surface area contributed by atoms with E-state index in [-0.39, 0.29) is 5.70 Å². The highest BCUT2D eigenvalue weighted by molar-refractivity contribution is 6.00. The maximum absolute atomic E-state index is 11.4. The van der Waals surface area contributed by atoms with Crippen LogP contribution in [0.15, 0.2) is 42.2 Å². The number of carbonyl (C=O) groups excluding carboxylic acids is 1. The van der Waals surface area contributed by atoms with Gasteiger partial charge in [-0.3, -0.25) is 4.79 Å². The Morgan fingerprint density at radius 3 is 2.33 bits per heavy atom. The molecule has 4 N–H and O–H groups in total. The fourth-order valence-electron chi connectivity index (χ4n) is 0.950. The average molecular weight is 206 g/mol. The first kappa shape index (κ1) is 10.8. The van der Waals surface area contributed by atoms with Crippen LogP contribution in [0.3, 0.4) is 0 Å². The number of hydrogen-bond donors (Lipinski definition) is 3. The van der Waals surface area contributed by atoms with Gasteiger partial charge in [0.1, 0.15) is 5.70 Å². The quantitative estimate of drug-likeness (QED) is 0.620. The molecule has 0 bridgehead atoms. The first-order valence-electron chi connectivity index (χ1n) is 4.16. The Hall–Kier alpha value is -2.30. The first-order chi connectivity index (χ1) is 7.15. The van der Waals surface area contributed by atoms with Crippen molar-refractivity contribution in [1.29, 1.82) is 0 Å². The number of carboxylic acids is 1. The molecule has 0 aromatic heterocycles. The number of rotatable bonds is 3. The van der Waals surface area contributed by atoms with Gasteiger partial charge in [-0.05, 0) is 12.1 Å². The minimum atomic E-state index is -1.28. The predicted molar refractivity (Wildman–Crippen MR) is 53.8 cm³/mol. The highest BCUT2D eigenvalue weighted by Crippen LogP contribution is 1.99. The van der Waals surface area contributed by atoms with Gasteiger partial charge in [-0.2, -0.15) is 0 Å². The molecule has 0 unspecified atom stereocenters. The third kappa shape index (κ3) is 2.84. The average Bonchev–Trinajstić information content (AvgIpc) is 2.26. The monoisotopic (exact) mass is 206 g/mol. The lowest BCUT2D eigenvalue weighted by molar-refractivity contribution is -0.133. The van der Waals surface area contributed by atoms with Gasteiger partial charge in [-0.25, -0.2) is 4.79 Å². The largest absolute Gasteiger partial charge is 0.477 e. The fraction of sp³-hybridized carbons (Fsp3) is 0. The summed E-state index contributed by atoms with van der Waals surface area (Å²) in [6.07, 6.45) is 0.836. The van der Waals surface area contributed by atoms with Crippen molar-refractivity contribution in [1.82, 2.24) is 5.32 Å². The van der Waals surface area contributed by atoms with E-state index in [2.05, 4.69) is 5.32 Å². The lowest BCUT2D eigenvalue weighted by Gasteiger charge is -2.04. The Labute approximate surface area is 86.2 Å². The molecule has 1 aromatic carbocycles. The van der Waals surface area contributed by atoms with Gasteiger partial charge in [0.2, 0.25) is 0 Å². The molecule has 0 heterocycles. The maximum Gasteiger partial charge on any atom is 0.353 e. The molecule has 1 amide bonds. The van der Waals surface area contributed by atoms with Gasteiger partial charge >= 0.3 is 5.97 Å². The summed E-state index contributed by atoms with van der Waals surface area (Å²) in [5.74, 6) is -1.78. The molecule has 0 atom stereocenters. The predicted octanol–water partition coefficient (Wildman–Crippen LogP) is 0.301. The van der Waals surface area contributed by atoms with Crippen molar-refractivity contribution in [3.63, 3.8) is 0 Å². The van der Waals surface area contributed by atoms with Crippen LogP contribution in [0.25, 0.3) is 0 Å². The molecule has 1 rings (SSSR count). The van der Waals surface area contributed by atoms with Crippen molar-refractivity contribution in [2.75, 3.05) is 0 Å². The standard InChI is InChI=1S/C10H10N2O3/c11-6-8(10(14)15)12-9(13)7-4-2-1-3-5-7/h1-6H,11H2,(H,12,13)(H,14,15). The van der Waals surface area contributed by atoms with Crippen LogP contribution < -0.4 is 11.1 Å². The lowest BCUT2D eigenvalue weighted by Crippen LogP contribution is -2.28. The van der Waals surface area contributed by atoms with Crippen LogP contribution in [0.4, 0.5) is 0 Å². The molecule has 5 nitrogen and oxygen atoms in total. The number of amides is 1. The van der Waals surface area contributed by atoms with E-state index >= 15 is 0 Å². The van der Waals surface area contributed by atoms with Gasteiger partial charge in [0.25, 0.3) is 5.91 Å². The molecule has 0 saturated heterocycles. The topological polar surface area (TPSA) is 92.4 Å². The second kappa shape index (κ2) is 4.80. The van der Waals surface area contributed by atoms with Crippen molar-refractivity contribution >= 4 is 11.9 Å². The molecule has 1 aromatic rings. The van der Waals surface area contributed by atoms with E-state index in [1.165, 1.54) is 0 Å². The maximum atomic E-state index is 11.4. The molecule has 0 spiro atoms. The number of nitrogens with two attached hydrogens (primary N) is 1. The van der Waals surface area contributed by atoms with Gasteiger partial charge in [-0.15, -0.1) is 0 Å². The van der Waals surface area contributed by atoms with Crippen LogP contribution in [-0.4, -0.2) is 17.0 Å². The molecule has 5 heteroatoms. The van der Waals surface area contributed by atoms with Crippen LogP contribution >= 0.6 is 0 Å². The summed E-state index contributed by atoms with van der Waals surface area (Å²) >= 11 is 0. The van der Waals surface area contributed by atoms with Crippen LogP contribution in [0, 0.1) is 0 Å². The molecule has 78 valence electrons. The Bertz CT molecular complexity index is 398. The summed E-state index contributed by atoms with van der Waals surface area (Å²) in [6.45, 7) is 0. The Morgan fingerprint density at radius 2 is 1.87 bits per heavy atom. The number of carbonyl (C=O) groups is 2. The number of benzene rings is 1. The second-order valence-corrected chi connectivity index (χ2v) is 2.71. The zero-order valence-corrected chi connectivity index (χ0v) is 7.81. The molecule has 15 heavy (non-hydrogen) atoms. The highest BCUT2D eigenvalue weighted by Gasteiger charge is 2.11. The highest BCUT2D eigenvalue weighted by atomic mass is 16.4. The normalized spacial score (nSPS) is 10.8. The van der Waals surface area contributed by atoms with Gasteiger partial charge in [0.05, 0.1) is 0 Å². The van der Waals surface area contributed by atoms with Gasteiger partial charge < -0.3 is 16.2 Å². The zero-order valence-electron chi connectivity index (χ0n) is 7.81. The molecule has 0 radical (unpaired) electrons. The minimum Gasteiger partial charge on any atom is -0.477 e. The van der Waals surface area contributed by atoms with Gasteiger partial charge in [0.15, 0.2) is 0 Å². The van der Waals surface area contributed by atoms with Crippen LogP contribution in [0.1, 0.15) is 10.4 Å². The number of hydrogen-bond acceptors (Lipinski definition) is 3. The molecule has 0 aliphatic rings. The van der Waals surface area contributed by atoms with Crippen LogP contribution in [0.5, 0.6) is 0 Å². The van der Waals surface area contributed by atoms with E-state index in [1.54, 1.807) is 30.3 Å². The van der Waals surface area contributed by atoms with E-state index in [9.17, 15) is 9.59 Å². The molecule has 0 aliphatic heterocycles. The summed E-state index contributed by atoms with van der Waals surface area (Å²) < 4.78 is 0. The summed E-state index contributed by atoms with van der Waals surface area (Å²) in [7, 11) is 0. The van der Waals surface area contributed by atoms with Crippen molar-refractivity contribution in [3.8, 4) is 0 Å². The fourth-order valence-corrected chi connectivity index (χ4v) is 0.950. The SMILES string of the molecule is NC=C(NC(=O)c1ccccc1)C(=O)O. The van der Waals surface area contributed by atoms with Gasteiger partial charge in [0, 0.05) is 11.8 Å². The number of nitrogens with one attached hydrogen (secondary N) is 1. The van der Waals surface area contributed by atoms with Crippen molar-refractivity contribution in [2.45, 2.75) is 0 Å². The Morgan fingerprint density at radius 1 is 1.27 bits per heavy atom. The van der Waals surface area contributed by atoms with Crippen molar-refractivity contribution in [2.24, 2.45) is 5.73 Å². The van der Waals surface area contributed by atoms with Crippen LogP contribution in [0.2, 0.25) is 0 Å². The third-order valence-electron chi connectivity index (χ3n) is 1.68. The Kier molecular flexibility index (Phi) is 3.45. The summed E-state index contributed by atoms with van der Waals surface area (Å²) in [6, 6.07) is 8.27. The third-order valence-corrected chi connectivity index (χ3v) is 1.68. The number of carboxylic acid groups (broad SMARTS) is 1. The van der Waals surface area contributed by atoms with E-state index in [4.69, 9.17) is 10.8 Å². The molecule has 0 saturated carbocycles. The molecular formula is C10H10N2O3. The van der Waals surface area contributed by atoms with E-state index < -0.39 is 11.9 Å². The van der Waals surface area contributed by atoms with Crippen molar-refractivity contribution in [3.05, 3.63) is 47.8 Å². The second-order valence-electron chi connectivity index (χ2n) is 2.71. The molecule has 0 fully saturated rings. The van der Waals surface area contributed by atoms with E-state index in [0.29, 0.717) is 5.56 Å². The summed E-state index contributed by atoms with van der Waals surface area (Å²) in [5, 5.41) is 10.8. The molecular weight excluding hydrogens is 196 g/mol. The van der Waals surface area contributed by atoms with E-state index in [1.807, 2.05) is 0 Å². The smallest absolute Gasteiger partial charge is 0.353 e. The molecule has 0 aliphatic carbocycles. The van der Waals surface area contributed by atoms with Gasteiger partial charge in [-0.1, -0.05) is 18.2 Å². The van der Waals surface area contributed by atoms with Crippen LogP contribution in [-0.2, 0) is 4.79 Å².